The van der Waals surface area contributed by atoms with Crippen LogP contribution >= 0.6 is 0 Å². The highest BCUT2D eigenvalue weighted by atomic mass is 28.3. The van der Waals surface area contributed by atoms with Crippen LogP contribution in [-0.4, -0.2) is 79.2 Å². The van der Waals surface area contributed by atoms with Crippen LogP contribution in [0.15, 0.2) is 24.3 Å². The molecule has 0 nitrogen and oxygen atoms in total. The van der Waals surface area contributed by atoms with Crippen LogP contribution in [0.3, 0.4) is 0 Å². The zero-order valence-electron chi connectivity index (χ0n) is 42.7. The number of hydrogen-bond acceptors (Lipinski definition) is 0. The highest BCUT2D eigenvalue weighted by Crippen LogP contribution is 2.44. The van der Waals surface area contributed by atoms with E-state index in [0.29, 0.717) is 0 Å². The lowest BCUT2D eigenvalue weighted by molar-refractivity contribution is 0.166. The van der Waals surface area contributed by atoms with Crippen LogP contribution < -0.4 is 10.4 Å². The van der Waals surface area contributed by atoms with Crippen molar-refractivity contribution in [2.45, 2.75) is 232 Å². The van der Waals surface area contributed by atoms with Gasteiger partial charge in [-0.05, 0) is 48.9 Å². The molecule has 0 saturated heterocycles. The van der Waals surface area contributed by atoms with Gasteiger partial charge in [-0.2, -0.15) is 0 Å². The van der Waals surface area contributed by atoms with Gasteiger partial charge in [0.1, 0.15) is 0 Å². The summed E-state index contributed by atoms with van der Waals surface area (Å²) in [6, 6.07) is 17.3. The Balaban J connectivity index is 0. The Hall–Kier alpha value is 1.17. The molecule has 0 N–H and O–H groups in total. The standard InChI is InChI=1S/C18H42Si3.C10H18Si2.C7H12.C6H18Si2.2C3H10Si/c1-19(2)12-9-16-7-8-17(10-13-20(3)4)18(15-16)11-14-21(5)6;1-11(2)9-5-7-10(8-6-9)12(3)4;1-2-7-4-3-6(1)5-7;1-7(2)5-6-8(3)4;2*1-4(2)3/h16-21H,7-15H2,1-6H3;5-8,11-12H,1-4H3;6-7H,1-5H2;7-8H,5-6H2,1-4H3;2*4H,1-3H3. The van der Waals surface area contributed by atoms with Crippen molar-refractivity contribution in [3.8, 4) is 0 Å². The van der Waals surface area contributed by atoms with E-state index in [1.807, 2.05) is 0 Å². The van der Waals surface area contributed by atoms with E-state index in [4.69, 9.17) is 0 Å². The maximum absolute atomic E-state index is 2.54. The van der Waals surface area contributed by atoms with Crippen molar-refractivity contribution >= 4 is 89.5 Å². The molecule has 1 aromatic rings. The largest absolute Gasteiger partial charge is 0.0724 e. The third-order valence-corrected chi connectivity index (χ3v) is 23.4. The summed E-state index contributed by atoms with van der Waals surface area (Å²) in [6.45, 7) is 48.3. The molecule has 0 amide bonds. The molecule has 56 heavy (non-hydrogen) atoms. The van der Waals surface area contributed by atoms with E-state index in [9.17, 15) is 0 Å². The lowest BCUT2D eigenvalue weighted by Crippen LogP contribution is -2.28. The van der Waals surface area contributed by atoms with Gasteiger partial charge >= 0.3 is 0 Å². The Morgan fingerprint density at radius 3 is 0.929 bits per heavy atom. The SMILES string of the molecule is C1CC2CCC1C2.C[SiH](C)C.C[SiH](C)C.C[SiH](C)CCC1CCC(CC[SiH](C)C)C(CC[SiH](C)C)C1.C[SiH](C)CC[SiH](C)C.C[SiH](C)c1ccc([SiH](C)C)cc1. The van der Waals surface area contributed by atoms with E-state index in [0.717, 1.165) is 17.8 Å². The molecule has 0 spiro atoms. The summed E-state index contributed by atoms with van der Waals surface area (Å²) in [7, 11) is -2.80. The van der Waals surface area contributed by atoms with Crippen LogP contribution in [0.5, 0.6) is 0 Å². The van der Waals surface area contributed by atoms with Gasteiger partial charge in [-0.15, -0.1) is 0 Å². The van der Waals surface area contributed by atoms with E-state index < -0.39 is 17.6 Å². The van der Waals surface area contributed by atoms with Gasteiger partial charge in [-0.25, -0.2) is 0 Å². The molecule has 3 unspecified atom stereocenters. The first-order valence-electron chi connectivity index (χ1n) is 25.1. The van der Waals surface area contributed by atoms with Crippen molar-refractivity contribution in [1.29, 1.82) is 0 Å². The van der Waals surface area contributed by atoms with Crippen molar-refractivity contribution in [3.63, 3.8) is 0 Å². The van der Waals surface area contributed by atoms with E-state index in [-0.39, 0.29) is 61.6 Å². The Bertz CT molecular complexity index is 927. The van der Waals surface area contributed by atoms with Crippen LogP contribution in [0.4, 0.5) is 0 Å². The fraction of sp³-hybridized carbons (Fsp3) is 0.872. The maximum atomic E-state index is 2.54. The van der Waals surface area contributed by atoms with Crippen molar-refractivity contribution in [3.05, 3.63) is 24.3 Å². The van der Waals surface area contributed by atoms with Crippen molar-refractivity contribution in [2.75, 3.05) is 0 Å². The summed E-state index contributed by atoms with van der Waals surface area (Å²) in [5, 5.41) is 3.18. The zero-order valence-corrected chi connectivity index (χ0v) is 53.1. The zero-order chi connectivity index (χ0) is 43.4. The molecule has 9 heteroatoms. The minimum atomic E-state index is -0.565. The van der Waals surface area contributed by atoms with E-state index >= 15 is 0 Å². The second-order valence-corrected chi connectivity index (χ2v) is 52.7. The molecule has 3 aliphatic carbocycles. The number of fused-ring (bicyclic) bond motifs is 2. The third-order valence-electron chi connectivity index (χ3n) is 11.9. The number of benzene rings is 1. The predicted octanol–water partition coefficient (Wildman–Crippen LogP) is 13.1. The van der Waals surface area contributed by atoms with Crippen molar-refractivity contribution in [1.82, 2.24) is 0 Å². The van der Waals surface area contributed by atoms with Gasteiger partial charge in [0, 0.05) is 61.6 Å². The van der Waals surface area contributed by atoms with Crippen LogP contribution in [0.1, 0.15) is 70.6 Å². The van der Waals surface area contributed by atoms with Gasteiger partial charge in [-0.1, -0.05) is 247 Å². The first-order valence-corrected chi connectivity index (χ1v) is 53.5. The topological polar surface area (TPSA) is 0 Å². The summed E-state index contributed by atoms with van der Waals surface area (Å²) >= 11 is 0. The van der Waals surface area contributed by atoms with Gasteiger partial charge in [-0.3, -0.25) is 0 Å². The minimum Gasteiger partial charge on any atom is -0.0724 e. The molecule has 334 valence electrons. The van der Waals surface area contributed by atoms with Gasteiger partial charge in [0.15, 0.2) is 0 Å². The van der Waals surface area contributed by atoms with Crippen LogP contribution in [-0.2, 0) is 0 Å². The second-order valence-electron chi connectivity index (χ2n) is 23.0. The van der Waals surface area contributed by atoms with Crippen molar-refractivity contribution < 1.29 is 0 Å². The van der Waals surface area contributed by atoms with E-state index in [2.05, 4.69) is 155 Å². The van der Waals surface area contributed by atoms with Gasteiger partial charge in [0.25, 0.3) is 0 Å². The molecule has 0 aromatic heterocycles. The molecule has 0 heterocycles. The second kappa shape index (κ2) is 35.7. The highest BCUT2D eigenvalue weighted by Gasteiger charge is 2.31. The van der Waals surface area contributed by atoms with Crippen LogP contribution in [0, 0.1) is 29.6 Å². The summed E-state index contributed by atoms with van der Waals surface area (Å²) < 4.78 is 0. The van der Waals surface area contributed by atoms with E-state index in [1.54, 1.807) is 111 Å². The molecule has 0 radical (unpaired) electrons. The summed E-state index contributed by atoms with van der Waals surface area (Å²) in [5.41, 5.74) is 0. The Labute approximate surface area is 372 Å². The van der Waals surface area contributed by atoms with Crippen LogP contribution in [0.25, 0.3) is 0 Å². The molecule has 2 bridgehead atoms. The summed E-state index contributed by atoms with van der Waals surface area (Å²) in [6.07, 6.45) is 17.3. The molecule has 4 rings (SSSR count). The molecular weight excluding hydrogens is 817 g/mol. The average Bonchev–Trinajstić information content (AvgIpc) is 3.75. The Morgan fingerprint density at radius 2 is 0.661 bits per heavy atom. The average molecular weight is 928 g/mol. The summed E-state index contributed by atoms with van der Waals surface area (Å²) in [4.78, 5) is 0. The first kappa shape index (κ1) is 59.3. The third kappa shape index (κ3) is 37.0. The highest BCUT2D eigenvalue weighted by molar-refractivity contribution is 6.72. The van der Waals surface area contributed by atoms with Crippen molar-refractivity contribution in [2.24, 2.45) is 29.6 Å². The molecule has 3 saturated carbocycles. The fourth-order valence-electron chi connectivity index (χ4n) is 8.19. The molecular formula is C47H110Si9. The lowest BCUT2D eigenvalue weighted by Gasteiger charge is -2.37. The smallest absolute Gasteiger partial charge is 0.0647 e. The minimum absolute atomic E-state index is 0.139. The van der Waals surface area contributed by atoms with Gasteiger partial charge in [0.2, 0.25) is 0 Å². The van der Waals surface area contributed by atoms with Gasteiger partial charge in [0.05, 0.1) is 17.6 Å². The normalized spacial score (nSPS) is 21.4. The molecule has 0 aliphatic heterocycles. The lowest BCUT2D eigenvalue weighted by atomic mass is 9.71. The summed E-state index contributed by atoms with van der Waals surface area (Å²) in [5.74, 6) is 5.67. The Kier molecular flexibility index (Phi) is 37.8. The monoisotopic (exact) mass is 927 g/mol. The van der Waals surface area contributed by atoms with E-state index in [1.165, 1.54) is 11.8 Å². The first-order chi connectivity index (χ1) is 26.0. The molecule has 3 fully saturated rings. The molecule has 1 aromatic carbocycles. The van der Waals surface area contributed by atoms with Crippen LogP contribution in [0.2, 0.25) is 161 Å². The number of hydrogen-bond donors (Lipinski definition) is 0. The predicted molar refractivity (Wildman–Crippen MR) is 300 cm³/mol. The van der Waals surface area contributed by atoms with Gasteiger partial charge < -0.3 is 0 Å². The Morgan fingerprint density at radius 1 is 0.357 bits per heavy atom. The molecule has 3 aliphatic rings. The molecule has 3 atom stereocenters. The fourth-order valence-corrected chi connectivity index (χ4v) is 18.8. The quantitative estimate of drug-likeness (QED) is 0.163. The number of rotatable bonds is 14. The maximum Gasteiger partial charge on any atom is 0.0647 e.